The van der Waals surface area contributed by atoms with E-state index in [1.165, 1.54) is 0 Å². The second-order valence-electron chi connectivity index (χ2n) is 7.29. The van der Waals surface area contributed by atoms with Crippen LogP contribution in [0, 0.1) is 20.8 Å². The van der Waals surface area contributed by atoms with Gasteiger partial charge in [0.15, 0.2) is 0 Å². The van der Waals surface area contributed by atoms with Crippen molar-refractivity contribution in [3.8, 4) is 5.75 Å². The van der Waals surface area contributed by atoms with Gasteiger partial charge in [-0.15, -0.1) is 0 Å². The zero-order valence-corrected chi connectivity index (χ0v) is 18.7. The SMILES string of the molecule is CCOc1ccc(NC(=NCc2c(C)nn(C)c2C)NC(=O)c2ccccc2C)cc1. The van der Waals surface area contributed by atoms with Gasteiger partial charge in [-0.1, -0.05) is 18.2 Å². The highest BCUT2D eigenvalue weighted by atomic mass is 16.5. The third-order valence-electron chi connectivity index (χ3n) is 5.10. The molecule has 0 bridgehead atoms. The number of aromatic nitrogens is 2. The van der Waals surface area contributed by atoms with Crippen molar-refractivity contribution < 1.29 is 9.53 Å². The summed E-state index contributed by atoms with van der Waals surface area (Å²) in [6.45, 7) is 8.84. The quantitative estimate of drug-likeness (QED) is 0.465. The Hall–Kier alpha value is -3.61. The van der Waals surface area contributed by atoms with Gasteiger partial charge in [0, 0.05) is 29.6 Å². The first-order valence-electron chi connectivity index (χ1n) is 10.3. The molecule has 31 heavy (non-hydrogen) atoms. The zero-order valence-electron chi connectivity index (χ0n) is 18.7. The minimum absolute atomic E-state index is 0.213. The summed E-state index contributed by atoms with van der Waals surface area (Å²) in [4.78, 5) is 17.6. The maximum absolute atomic E-state index is 12.9. The van der Waals surface area contributed by atoms with Crippen molar-refractivity contribution in [2.75, 3.05) is 11.9 Å². The van der Waals surface area contributed by atoms with Gasteiger partial charge in [-0.25, -0.2) is 4.99 Å². The van der Waals surface area contributed by atoms with Crippen molar-refractivity contribution in [3.63, 3.8) is 0 Å². The number of ether oxygens (including phenoxy) is 1. The number of nitrogens with one attached hydrogen (secondary N) is 2. The molecule has 2 N–H and O–H groups in total. The molecule has 0 fully saturated rings. The van der Waals surface area contributed by atoms with Crippen LogP contribution in [0.4, 0.5) is 5.69 Å². The van der Waals surface area contributed by atoms with E-state index in [2.05, 4.69) is 20.7 Å². The van der Waals surface area contributed by atoms with Crippen molar-refractivity contribution in [2.24, 2.45) is 12.0 Å². The van der Waals surface area contributed by atoms with E-state index in [1.54, 1.807) is 6.07 Å². The minimum atomic E-state index is -0.213. The maximum atomic E-state index is 12.9. The number of aliphatic imine (C=N–C) groups is 1. The molecule has 2 aromatic carbocycles. The second-order valence-corrected chi connectivity index (χ2v) is 7.29. The van der Waals surface area contributed by atoms with Gasteiger partial charge in [0.2, 0.25) is 5.96 Å². The van der Waals surface area contributed by atoms with Gasteiger partial charge in [-0.05, 0) is 63.6 Å². The van der Waals surface area contributed by atoms with E-state index >= 15 is 0 Å². The molecule has 3 aromatic rings. The Morgan fingerprint density at radius 1 is 1.10 bits per heavy atom. The summed E-state index contributed by atoms with van der Waals surface area (Å²) in [5.74, 6) is 0.951. The number of amides is 1. The van der Waals surface area contributed by atoms with E-state index < -0.39 is 0 Å². The number of anilines is 1. The number of carbonyl (C=O) groups excluding carboxylic acids is 1. The third-order valence-corrected chi connectivity index (χ3v) is 5.10. The predicted molar refractivity (Wildman–Crippen MR) is 124 cm³/mol. The zero-order chi connectivity index (χ0) is 22.4. The normalized spacial score (nSPS) is 11.3. The first-order chi connectivity index (χ1) is 14.9. The molecule has 1 amide bonds. The fraction of sp³-hybridized carbons (Fsp3) is 0.292. The first kappa shape index (κ1) is 22.1. The summed E-state index contributed by atoms with van der Waals surface area (Å²) in [5, 5.41) is 10.6. The van der Waals surface area contributed by atoms with Crippen molar-refractivity contribution in [2.45, 2.75) is 34.2 Å². The molecule has 0 saturated heterocycles. The lowest BCUT2D eigenvalue weighted by Crippen LogP contribution is -2.36. The Morgan fingerprint density at radius 3 is 2.42 bits per heavy atom. The first-order valence-corrected chi connectivity index (χ1v) is 10.3. The van der Waals surface area contributed by atoms with Crippen LogP contribution < -0.4 is 15.4 Å². The van der Waals surface area contributed by atoms with Crippen LogP contribution in [0.3, 0.4) is 0 Å². The fourth-order valence-corrected chi connectivity index (χ4v) is 3.26. The van der Waals surface area contributed by atoms with Crippen LogP contribution in [0.5, 0.6) is 5.75 Å². The Kier molecular flexibility index (Phi) is 7.07. The van der Waals surface area contributed by atoms with E-state index in [9.17, 15) is 4.79 Å². The highest BCUT2D eigenvalue weighted by molar-refractivity contribution is 6.10. The molecule has 0 radical (unpaired) electrons. The van der Waals surface area contributed by atoms with Gasteiger partial charge < -0.3 is 10.1 Å². The van der Waals surface area contributed by atoms with Crippen molar-refractivity contribution in [3.05, 3.63) is 76.6 Å². The van der Waals surface area contributed by atoms with Crippen LogP contribution in [0.2, 0.25) is 0 Å². The van der Waals surface area contributed by atoms with Crippen molar-refractivity contribution in [1.29, 1.82) is 0 Å². The van der Waals surface area contributed by atoms with Crippen LogP contribution in [0.1, 0.15) is 39.8 Å². The summed E-state index contributed by atoms with van der Waals surface area (Å²) in [7, 11) is 1.91. The van der Waals surface area contributed by atoms with Gasteiger partial charge in [-0.3, -0.25) is 14.8 Å². The van der Waals surface area contributed by atoms with Gasteiger partial charge in [-0.2, -0.15) is 5.10 Å². The Labute approximate surface area is 183 Å². The smallest absolute Gasteiger partial charge is 0.258 e. The molecule has 0 aliphatic heterocycles. The minimum Gasteiger partial charge on any atom is -0.494 e. The molecule has 0 spiro atoms. The lowest BCUT2D eigenvalue weighted by molar-refractivity contribution is 0.0976. The monoisotopic (exact) mass is 419 g/mol. The number of nitrogens with zero attached hydrogens (tertiary/aromatic N) is 3. The van der Waals surface area contributed by atoms with Crippen LogP contribution in [0.15, 0.2) is 53.5 Å². The molecular weight excluding hydrogens is 390 g/mol. The number of guanidine groups is 1. The molecule has 0 saturated carbocycles. The highest BCUT2D eigenvalue weighted by Crippen LogP contribution is 2.17. The Morgan fingerprint density at radius 2 is 1.81 bits per heavy atom. The number of hydrogen-bond donors (Lipinski definition) is 2. The topological polar surface area (TPSA) is 80.5 Å². The molecule has 0 unspecified atom stereocenters. The molecule has 0 aliphatic rings. The van der Waals surface area contributed by atoms with Gasteiger partial charge in [0.05, 0.1) is 18.8 Å². The van der Waals surface area contributed by atoms with Crippen LogP contribution in [-0.2, 0) is 13.6 Å². The third kappa shape index (κ3) is 5.51. The predicted octanol–water partition coefficient (Wildman–Crippen LogP) is 4.14. The maximum Gasteiger partial charge on any atom is 0.258 e. The molecule has 0 aliphatic carbocycles. The summed E-state index contributed by atoms with van der Waals surface area (Å²) in [6.07, 6.45) is 0. The summed E-state index contributed by atoms with van der Waals surface area (Å²) in [5.41, 5.74) is 5.32. The molecule has 7 heteroatoms. The van der Waals surface area contributed by atoms with E-state index in [-0.39, 0.29) is 5.91 Å². The molecule has 0 atom stereocenters. The standard InChI is InChI=1S/C24H29N5O2/c1-6-31-20-13-11-19(12-14-20)26-24(25-15-22-17(3)28-29(5)18(22)4)27-23(30)21-10-8-7-9-16(21)2/h7-14H,6,15H2,1-5H3,(H2,25,26,27,30). The fourth-order valence-electron chi connectivity index (χ4n) is 3.26. The van der Waals surface area contributed by atoms with Gasteiger partial charge >= 0.3 is 0 Å². The van der Waals surface area contributed by atoms with E-state index in [0.29, 0.717) is 24.7 Å². The van der Waals surface area contributed by atoms with Crippen LogP contribution in [-0.4, -0.2) is 28.3 Å². The Bertz CT molecular complexity index is 1080. The second kappa shape index (κ2) is 9.93. The van der Waals surface area contributed by atoms with Crippen molar-refractivity contribution in [1.82, 2.24) is 15.1 Å². The summed E-state index contributed by atoms with van der Waals surface area (Å²) >= 11 is 0. The number of rotatable bonds is 6. The van der Waals surface area contributed by atoms with E-state index in [0.717, 1.165) is 34.0 Å². The molecule has 1 aromatic heterocycles. The number of benzene rings is 2. The summed E-state index contributed by atoms with van der Waals surface area (Å²) < 4.78 is 7.34. The molecule has 7 nitrogen and oxygen atoms in total. The average molecular weight is 420 g/mol. The largest absolute Gasteiger partial charge is 0.494 e. The van der Waals surface area contributed by atoms with E-state index in [1.807, 2.05) is 81.9 Å². The van der Waals surface area contributed by atoms with Crippen LogP contribution >= 0.6 is 0 Å². The van der Waals surface area contributed by atoms with Crippen LogP contribution in [0.25, 0.3) is 0 Å². The number of aryl methyl sites for hydroxylation is 3. The number of hydrogen-bond acceptors (Lipinski definition) is 4. The van der Waals surface area contributed by atoms with Gasteiger partial charge in [0.25, 0.3) is 5.91 Å². The highest BCUT2D eigenvalue weighted by Gasteiger charge is 2.13. The lowest BCUT2D eigenvalue weighted by atomic mass is 10.1. The average Bonchev–Trinajstić information content (AvgIpc) is 2.99. The van der Waals surface area contributed by atoms with E-state index in [4.69, 9.17) is 4.74 Å². The molecule has 3 rings (SSSR count). The number of carbonyl (C=O) groups is 1. The van der Waals surface area contributed by atoms with Gasteiger partial charge in [0.1, 0.15) is 5.75 Å². The molecule has 162 valence electrons. The lowest BCUT2D eigenvalue weighted by Gasteiger charge is -2.13. The molecular formula is C24H29N5O2. The Balaban J connectivity index is 1.85. The summed E-state index contributed by atoms with van der Waals surface area (Å²) in [6, 6.07) is 15.0. The van der Waals surface area contributed by atoms with Crippen molar-refractivity contribution >= 4 is 17.6 Å². The molecule has 1 heterocycles.